The summed E-state index contributed by atoms with van der Waals surface area (Å²) in [7, 11) is 2.19. The summed E-state index contributed by atoms with van der Waals surface area (Å²) < 4.78 is 0. The Morgan fingerprint density at radius 3 is 2.93 bits per heavy atom. The summed E-state index contributed by atoms with van der Waals surface area (Å²) in [5.74, 6) is 0.774. The first kappa shape index (κ1) is 8.30. The lowest BCUT2D eigenvalue weighted by Crippen LogP contribution is -2.40. The highest BCUT2D eigenvalue weighted by molar-refractivity contribution is 5.61. The Labute approximate surface area is 84.9 Å². The van der Waals surface area contributed by atoms with Gasteiger partial charge in [-0.15, -0.1) is 0 Å². The summed E-state index contributed by atoms with van der Waals surface area (Å²) >= 11 is 0. The van der Waals surface area contributed by atoms with Crippen LogP contribution >= 0.6 is 0 Å². The van der Waals surface area contributed by atoms with Crippen molar-refractivity contribution in [1.82, 2.24) is 5.32 Å². The van der Waals surface area contributed by atoms with E-state index >= 15 is 0 Å². The van der Waals surface area contributed by atoms with Gasteiger partial charge in [0.25, 0.3) is 0 Å². The van der Waals surface area contributed by atoms with Crippen molar-refractivity contribution in [2.45, 2.75) is 12.3 Å². The van der Waals surface area contributed by atoms with Crippen LogP contribution in [0.4, 0.5) is 5.69 Å². The van der Waals surface area contributed by atoms with Crippen molar-refractivity contribution in [1.29, 1.82) is 0 Å². The van der Waals surface area contributed by atoms with Gasteiger partial charge in [-0.3, -0.25) is 0 Å². The highest BCUT2D eigenvalue weighted by Gasteiger charge is 2.26. The number of hydrogen-bond acceptors (Lipinski definition) is 2. The Balaban J connectivity index is 2.04. The van der Waals surface area contributed by atoms with Gasteiger partial charge in [0.1, 0.15) is 0 Å². The minimum absolute atomic E-state index is 0.774. The molecule has 2 nitrogen and oxygen atoms in total. The maximum atomic E-state index is 3.35. The molecule has 2 aliphatic heterocycles. The van der Waals surface area contributed by atoms with E-state index in [0.29, 0.717) is 0 Å². The third kappa shape index (κ3) is 1.07. The van der Waals surface area contributed by atoms with Gasteiger partial charge in [-0.25, -0.2) is 0 Å². The maximum Gasteiger partial charge on any atom is 0.0399 e. The molecule has 74 valence electrons. The van der Waals surface area contributed by atoms with Crippen LogP contribution in [0.25, 0.3) is 0 Å². The lowest BCUT2D eigenvalue weighted by molar-refractivity contribution is 0.446. The molecule has 0 unspecified atom stereocenters. The monoisotopic (exact) mass is 188 g/mol. The van der Waals surface area contributed by atoms with E-state index in [1.807, 2.05) is 0 Å². The summed E-state index contributed by atoms with van der Waals surface area (Å²) in [5.41, 5.74) is 4.64. The largest absolute Gasteiger partial charge is 0.374 e. The van der Waals surface area contributed by atoms with Crippen LogP contribution in [-0.2, 0) is 6.42 Å². The third-order valence-electron chi connectivity index (χ3n) is 3.52. The minimum atomic E-state index is 0.774. The molecule has 2 aliphatic rings. The number of benzene rings is 1. The van der Waals surface area contributed by atoms with Gasteiger partial charge < -0.3 is 10.2 Å². The fourth-order valence-corrected chi connectivity index (χ4v) is 2.51. The van der Waals surface area contributed by atoms with Crippen molar-refractivity contribution in [2.24, 2.45) is 0 Å². The molecule has 0 bridgehead atoms. The van der Waals surface area contributed by atoms with Gasteiger partial charge in [-0.1, -0.05) is 12.1 Å². The van der Waals surface area contributed by atoms with Crippen LogP contribution in [-0.4, -0.2) is 26.7 Å². The van der Waals surface area contributed by atoms with Gasteiger partial charge >= 0.3 is 0 Å². The average molecular weight is 188 g/mol. The Bertz CT molecular complexity index is 355. The molecule has 0 spiro atoms. The van der Waals surface area contributed by atoms with E-state index in [1.165, 1.54) is 31.7 Å². The Kier molecular flexibility index (Phi) is 1.77. The van der Waals surface area contributed by atoms with Crippen LogP contribution in [0.5, 0.6) is 0 Å². The molecule has 3 rings (SSSR count). The molecule has 1 saturated heterocycles. The van der Waals surface area contributed by atoms with E-state index in [-0.39, 0.29) is 0 Å². The zero-order valence-electron chi connectivity index (χ0n) is 8.59. The van der Waals surface area contributed by atoms with Crippen LogP contribution in [0, 0.1) is 0 Å². The second-order valence-corrected chi connectivity index (χ2v) is 4.37. The first-order chi connectivity index (χ1) is 6.86. The van der Waals surface area contributed by atoms with Crippen LogP contribution in [0.15, 0.2) is 18.2 Å². The Morgan fingerprint density at radius 2 is 2.21 bits per heavy atom. The van der Waals surface area contributed by atoms with Crippen LogP contribution in [0.3, 0.4) is 0 Å². The molecule has 14 heavy (non-hydrogen) atoms. The normalized spacial score (nSPS) is 20.8. The van der Waals surface area contributed by atoms with Gasteiger partial charge in [0.15, 0.2) is 0 Å². The quantitative estimate of drug-likeness (QED) is 0.716. The van der Waals surface area contributed by atoms with E-state index in [2.05, 4.69) is 35.5 Å². The molecule has 1 N–H and O–H groups in total. The van der Waals surface area contributed by atoms with Gasteiger partial charge in [0.05, 0.1) is 0 Å². The second kappa shape index (κ2) is 2.99. The fourth-order valence-electron chi connectivity index (χ4n) is 2.51. The molecular weight excluding hydrogens is 172 g/mol. The first-order valence-corrected chi connectivity index (χ1v) is 5.40. The predicted octanol–water partition coefficient (Wildman–Crippen LogP) is 1.37. The Morgan fingerprint density at radius 1 is 1.36 bits per heavy atom. The van der Waals surface area contributed by atoms with E-state index < -0.39 is 0 Å². The number of nitrogens with one attached hydrogen (secondary N) is 1. The average Bonchev–Trinajstić information content (AvgIpc) is 2.47. The Hall–Kier alpha value is -1.02. The van der Waals surface area contributed by atoms with E-state index in [4.69, 9.17) is 0 Å². The highest BCUT2D eigenvalue weighted by atomic mass is 15.1. The molecule has 0 aromatic heterocycles. The molecule has 1 aromatic carbocycles. The van der Waals surface area contributed by atoms with Crippen LogP contribution in [0.1, 0.15) is 17.0 Å². The zero-order chi connectivity index (χ0) is 9.54. The summed E-state index contributed by atoms with van der Waals surface area (Å²) in [6.07, 6.45) is 1.23. The molecule has 2 heteroatoms. The topological polar surface area (TPSA) is 15.3 Å². The van der Waals surface area contributed by atoms with Crippen molar-refractivity contribution in [3.8, 4) is 0 Å². The van der Waals surface area contributed by atoms with Gasteiger partial charge in [-0.05, 0) is 23.6 Å². The fraction of sp³-hybridized carbons (Fsp3) is 0.500. The van der Waals surface area contributed by atoms with E-state index in [9.17, 15) is 0 Å². The van der Waals surface area contributed by atoms with Crippen LogP contribution in [0.2, 0.25) is 0 Å². The van der Waals surface area contributed by atoms with Gasteiger partial charge in [0, 0.05) is 38.3 Å². The highest BCUT2D eigenvalue weighted by Crippen LogP contribution is 2.34. The summed E-state index contributed by atoms with van der Waals surface area (Å²) in [4.78, 5) is 2.37. The number of anilines is 1. The summed E-state index contributed by atoms with van der Waals surface area (Å²) in [6, 6.07) is 6.76. The standard InChI is InChI=1S/C12H16N2/c1-14-6-5-11-10(9-7-13-8-9)3-2-4-12(11)14/h2-4,9,13H,5-8H2,1H3. The van der Waals surface area contributed by atoms with Crippen molar-refractivity contribution < 1.29 is 0 Å². The van der Waals surface area contributed by atoms with Gasteiger partial charge in [-0.2, -0.15) is 0 Å². The maximum absolute atomic E-state index is 3.35. The van der Waals surface area contributed by atoms with E-state index in [1.54, 1.807) is 11.1 Å². The molecule has 0 amide bonds. The molecule has 0 saturated carbocycles. The molecule has 0 atom stereocenters. The molecule has 2 heterocycles. The van der Waals surface area contributed by atoms with Crippen molar-refractivity contribution >= 4 is 5.69 Å². The number of hydrogen-bond donors (Lipinski definition) is 1. The molecule has 1 aromatic rings. The number of fused-ring (bicyclic) bond motifs is 1. The molecular formula is C12H16N2. The first-order valence-electron chi connectivity index (χ1n) is 5.40. The van der Waals surface area contributed by atoms with Crippen LogP contribution < -0.4 is 10.2 Å². The summed E-state index contributed by atoms with van der Waals surface area (Å²) in [6.45, 7) is 3.52. The number of nitrogens with zero attached hydrogens (tertiary/aromatic N) is 1. The van der Waals surface area contributed by atoms with Crippen molar-refractivity contribution in [2.75, 3.05) is 31.6 Å². The third-order valence-corrected chi connectivity index (χ3v) is 3.52. The van der Waals surface area contributed by atoms with Gasteiger partial charge in [0.2, 0.25) is 0 Å². The molecule has 0 radical (unpaired) electrons. The number of likely N-dealkylation sites (N-methyl/N-ethyl adjacent to an activating group) is 1. The smallest absolute Gasteiger partial charge is 0.0399 e. The van der Waals surface area contributed by atoms with Crippen molar-refractivity contribution in [3.63, 3.8) is 0 Å². The number of rotatable bonds is 1. The lowest BCUT2D eigenvalue weighted by atomic mass is 9.89. The lowest BCUT2D eigenvalue weighted by Gasteiger charge is -2.29. The van der Waals surface area contributed by atoms with Crippen molar-refractivity contribution in [3.05, 3.63) is 29.3 Å². The predicted molar refractivity (Wildman–Crippen MR) is 59.0 cm³/mol. The zero-order valence-corrected chi connectivity index (χ0v) is 8.59. The van der Waals surface area contributed by atoms with E-state index in [0.717, 1.165) is 5.92 Å². The summed E-state index contributed by atoms with van der Waals surface area (Å²) in [5, 5.41) is 3.35. The molecule has 1 fully saturated rings. The SMILES string of the molecule is CN1CCc2c(C3CNC3)cccc21. The minimum Gasteiger partial charge on any atom is -0.374 e. The second-order valence-electron chi connectivity index (χ2n) is 4.37. The molecule has 0 aliphatic carbocycles.